The molecule has 0 saturated carbocycles. The van der Waals surface area contributed by atoms with E-state index in [1.807, 2.05) is 0 Å². The average Bonchev–Trinajstić information content (AvgIpc) is 2.19. The molecule has 1 rings (SSSR count). The zero-order valence-electron chi connectivity index (χ0n) is 7.57. The average molecular weight is 269 g/mol. The van der Waals surface area contributed by atoms with Gasteiger partial charge in [-0.05, 0) is 30.3 Å². The van der Waals surface area contributed by atoms with E-state index in [1.54, 1.807) is 24.3 Å². The normalized spacial score (nSPS) is 10.2. The van der Waals surface area contributed by atoms with Crippen LogP contribution in [0.5, 0.6) is 0 Å². The molecule has 5 heteroatoms. The summed E-state index contributed by atoms with van der Waals surface area (Å²) < 4.78 is 0.894. The lowest BCUT2D eigenvalue weighted by Gasteiger charge is -2.01. The molecule has 0 spiro atoms. The van der Waals surface area contributed by atoms with Gasteiger partial charge < -0.3 is 15.2 Å². The molecule has 0 unspecified atom stereocenters. The van der Waals surface area contributed by atoms with Gasteiger partial charge >= 0.3 is 0 Å². The predicted octanol–water partition coefficient (Wildman–Crippen LogP) is 0.694. The fourth-order valence-electron chi connectivity index (χ4n) is 0.861. The Morgan fingerprint density at radius 3 is 2.33 bits per heavy atom. The Balaban J connectivity index is 2.59. The van der Waals surface area contributed by atoms with Crippen LogP contribution in [0.1, 0.15) is 0 Å². The number of aliphatic carboxylic acids is 1. The van der Waals surface area contributed by atoms with Gasteiger partial charge in [0, 0.05) is 16.2 Å². The Hall–Kier alpha value is -1.62. The summed E-state index contributed by atoms with van der Waals surface area (Å²) in [6, 6.07) is 6.90. The van der Waals surface area contributed by atoms with Crippen LogP contribution < -0.4 is 10.4 Å². The fraction of sp³-hybridized carbons (Fsp3) is 0. The molecule has 0 atom stereocenters. The summed E-state index contributed by atoms with van der Waals surface area (Å²) in [6.07, 6.45) is 1.57. The monoisotopic (exact) mass is 268 g/mol. The van der Waals surface area contributed by atoms with E-state index >= 15 is 0 Å². The molecule has 0 saturated heterocycles. The standard InChI is InChI=1S/C10H8BrNO3/c11-7-1-3-8(4-2-7)12-9(13)5-6-10(14)15/h1-6H,(H,12,13)(H,14,15)/p-1/b6-5-. The van der Waals surface area contributed by atoms with Crippen molar-refractivity contribution in [3.8, 4) is 0 Å². The minimum Gasteiger partial charge on any atom is -0.545 e. The molecule has 0 bridgehead atoms. The van der Waals surface area contributed by atoms with Crippen LogP contribution >= 0.6 is 15.9 Å². The molecular weight excluding hydrogens is 262 g/mol. The zero-order valence-corrected chi connectivity index (χ0v) is 9.15. The molecule has 0 heterocycles. The van der Waals surface area contributed by atoms with Gasteiger partial charge in [0.05, 0.1) is 5.97 Å². The van der Waals surface area contributed by atoms with Gasteiger partial charge in [0.25, 0.3) is 0 Å². The molecule has 0 aliphatic carbocycles. The predicted molar refractivity (Wildman–Crippen MR) is 56.9 cm³/mol. The lowest BCUT2D eigenvalue weighted by atomic mass is 10.3. The van der Waals surface area contributed by atoms with Crippen molar-refractivity contribution in [3.05, 3.63) is 40.9 Å². The van der Waals surface area contributed by atoms with E-state index in [1.165, 1.54) is 0 Å². The van der Waals surface area contributed by atoms with Crippen LogP contribution in [0.3, 0.4) is 0 Å². The maximum Gasteiger partial charge on any atom is 0.248 e. The minimum absolute atomic E-state index is 0.512. The van der Waals surface area contributed by atoms with E-state index in [2.05, 4.69) is 21.2 Å². The van der Waals surface area contributed by atoms with Gasteiger partial charge in [-0.1, -0.05) is 15.9 Å². The van der Waals surface area contributed by atoms with Crippen LogP contribution in [0.25, 0.3) is 0 Å². The van der Waals surface area contributed by atoms with Gasteiger partial charge in [0.2, 0.25) is 5.91 Å². The molecule has 0 aromatic heterocycles. The van der Waals surface area contributed by atoms with Crippen molar-refractivity contribution in [2.45, 2.75) is 0 Å². The van der Waals surface area contributed by atoms with Crippen LogP contribution in [-0.2, 0) is 9.59 Å². The smallest absolute Gasteiger partial charge is 0.248 e. The van der Waals surface area contributed by atoms with E-state index < -0.39 is 11.9 Å². The number of hydrogen-bond acceptors (Lipinski definition) is 3. The van der Waals surface area contributed by atoms with Crippen LogP contribution in [0.2, 0.25) is 0 Å². The summed E-state index contributed by atoms with van der Waals surface area (Å²) in [7, 11) is 0. The summed E-state index contributed by atoms with van der Waals surface area (Å²) in [6.45, 7) is 0. The SMILES string of the molecule is O=C([O-])/C=C\C(=O)Nc1ccc(Br)cc1. The number of carboxylic acid groups (broad SMARTS) is 1. The number of benzene rings is 1. The second-order valence-corrected chi connectivity index (χ2v) is 3.56. The highest BCUT2D eigenvalue weighted by Gasteiger charge is 1.96. The first-order chi connectivity index (χ1) is 7.08. The first kappa shape index (κ1) is 11.5. The number of halogens is 1. The lowest BCUT2D eigenvalue weighted by molar-refractivity contribution is -0.297. The third kappa shape index (κ3) is 4.42. The highest BCUT2D eigenvalue weighted by molar-refractivity contribution is 9.10. The van der Waals surface area contributed by atoms with Gasteiger partial charge in [-0.2, -0.15) is 0 Å². The Morgan fingerprint density at radius 1 is 1.20 bits per heavy atom. The third-order valence-electron chi connectivity index (χ3n) is 1.48. The molecule has 0 fully saturated rings. The van der Waals surface area contributed by atoms with Crippen LogP contribution in [0.15, 0.2) is 40.9 Å². The molecule has 1 amide bonds. The van der Waals surface area contributed by atoms with Crippen LogP contribution in [0, 0.1) is 0 Å². The maximum absolute atomic E-state index is 11.1. The molecule has 0 radical (unpaired) electrons. The van der Waals surface area contributed by atoms with Crippen molar-refractivity contribution in [1.82, 2.24) is 0 Å². The number of carbonyl (C=O) groups excluding carboxylic acids is 2. The van der Waals surface area contributed by atoms with Crippen molar-refractivity contribution in [3.63, 3.8) is 0 Å². The van der Waals surface area contributed by atoms with E-state index in [9.17, 15) is 14.7 Å². The van der Waals surface area contributed by atoms with E-state index in [0.29, 0.717) is 11.8 Å². The number of hydrogen-bond donors (Lipinski definition) is 1. The highest BCUT2D eigenvalue weighted by Crippen LogP contribution is 2.13. The largest absolute Gasteiger partial charge is 0.545 e. The minimum atomic E-state index is -1.40. The van der Waals surface area contributed by atoms with E-state index in [-0.39, 0.29) is 0 Å². The summed E-state index contributed by atoms with van der Waals surface area (Å²) in [4.78, 5) is 21.1. The number of carboxylic acids is 1. The summed E-state index contributed by atoms with van der Waals surface area (Å²) in [5.41, 5.74) is 0.589. The third-order valence-corrected chi connectivity index (χ3v) is 2.01. The molecular formula is C10H7BrNO3-. The molecule has 1 N–H and O–H groups in total. The topological polar surface area (TPSA) is 69.2 Å². The summed E-state index contributed by atoms with van der Waals surface area (Å²) in [5, 5.41) is 12.5. The number of anilines is 1. The van der Waals surface area contributed by atoms with Crippen molar-refractivity contribution in [2.75, 3.05) is 5.32 Å². The van der Waals surface area contributed by atoms with Gasteiger partial charge in [-0.15, -0.1) is 0 Å². The van der Waals surface area contributed by atoms with E-state index in [4.69, 9.17) is 0 Å². The first-order valence-corrected chi connectivity index (χ1v) is 4.83. The summed E-state index contributed by atoms with van der Waals surface area (Å²) >= 11 is 3.25. The van der Waals surface area contributed by atoms with Crippen molar-refractivity contribution >= 4 is 33.5 Å². The Kier molecular flexibility index (Phi) is 4.05. The Bertz CT molecular complexity index is 398. The molecule has 1 aromatic rings. The number of amides is 1. The number of carbonyl (C=O) groups is 2. The highest BCUT2D eigenvalue weighted by atomic mass is 79.9. The van der Waals surface area contributed by atoms with E-state index in [0.717, 1.165) is 10.5 Å². The Morgan fingerprint density at radius 2 is 1.80 bits per heavy atom. The number of rotatable bonds is 3. The Labute approximate surface area is 94.7 Å². The van der Waals surface area contributed by atoms with Gasteiger partial charge in [-0.3, -0.25) is 4.79 Å². The van der Waals surface area contributed by atoms with Crippen LogP contribution in [0.4, 0.5) is 5.69 Å². The van der Waals surface area contributed by atoms with Crippen molar-refractivity contribution in [2.24, 2.45) is 0 Å². The quantitative estimate of drug-likeness (QED) is 0.821. The molecule has 0 aliphatic rings. The lowest BCUT2D eigenvalue weighted by Crippen LogP contribution is -2.20. The van der Waals surface area contributed by atoms with Gasteiger partial charge in [-0.25, -0.2) is 0 Å². The molecule has 0 aliphatic heterocycles. The molecule has 78 valence electrons. The van der Waals surface area contributed by atoms with Crippen LogP contribution in [-0.4, -0.2) is 11.9 Å². The number of nitrogens with one attached hydrogen (secondary N) is 1. The molecule has 4 nitrogen and oxygen atoms in total. The van der Waals surface area contributed by atoms with Gasteiger partial charge in [0.15, 0.2) is 0 Å². The summed E-state index contributed by atoms with van der Waals surface area (Å²) in [5.74, 6) is -1.91. The molecule has 1 aromatic carbocycles. The zero-order chi connectivity index (χ0) is 11.3. The second-order valence-electron chi connectivity index (χ2n) is 2.65. The molecule has 15 heavy (non-hydrogen) atoms. The second kappa shape index (κ2) is 5.31. The fourth-order valence-corrected chi connectivity index (χ4v) is 1.13. The van der Waals surface area contributed by atoms with Crippen molar-refractivity contribution in [1.29, 1.82) is 0 Å². The maximum atomic E-state index is 11.1. The van der Waals surface area contributed by atoms with Crippen molar-refractivity contribution < 1.29 is 14.7 Å². The first-order valence-electron chi connectivity index (χ1n) is 4.03. The van der Waals surface area contributed by atoms with Gasteiger partial charge in [0.1, 0.15) is 0 Å².